The molecule has 1 fully saturated rings. The molecule has 1 heterocycles. The summed E-state index contributed by atoms with van der Waals surface area (Å²) in [5, 5.41) is 2.71. The summed E-state index contributed by atoms with van der Waals surface area (Å²) in [5.74, 6) is -0.124. The van der Waals surface area contributed by atoms with Gasteiger partial charge in [-0.1, -0.05) is 0 Å². The highest BCUT2D eigenvalue weighted by molar-refractivity contribution is 7.87. The van der Waals surface area contributed by atoms with Crippen LogP contribution in [0.4, 0.5) is 4.79 Å². The van der Waals surface area contributed by atoms with E-state index < -0.39 is 22.3 Å². The SMILES string of the molecule is CNS(=O)(=O)NC1CCN(C(=O)[C@H](N)CCCCOC(=O)NC(C)(C)C)CC1. The number of hydrogen-bond donors (Lipinski definition) is 4. The average molecular weight is 422 g/mol. The van der Waals surface area contributed by atoms with Gasteiger partial charge >= 0.3 is 6.09 Å². The second kappa shape index (κ2) is 10.9. The summed E-state index contributed by atoms with van der Waals surface area (Å²) < 4.78 is 32.9. The Balaban J connectivity index is 2.23. The first-order chi connectivity index (χ1) is 12.9. The van der Waals surface area contributed by atoms with Gasteiger partial charge in [0.2, 0.25) is 5.91 Å². The van der Waals surface area contributed by atoms with E-state index in [1.54, 1.807) is 4.90 Å². The number of hydrogen-bond acceptors (Lipinski definition) is 6. The zero-order valence-corrected chi connectivity index (χ0v) is 18.1. The molecule has 11 heteroatoms. The molecule has 0 bridgehead atoms. The van der Waals surface area contributed by atoms with Crippen molar-refractivity contribution in [1.29, 1.82) is 0 Å². The van der Waals surface area contributed by atoms with Crippen molar-refractivity contribution in [2.75, 3.05) is 26.7 Å². The molecule has 1 atom stereocenters. The van der Waals surface area contributed by atoms with Crippen molar-refractivity contribution in [2.45, 2.75) is 70.5 Å². The van der Waals surface area contributed by atoms with Crippen LogP contribution in [0.2, 0.25) is 0 Å². The predicted molar refractivity (Wildman–Crippen MR) is 107 cm³/mol. The number of carbonyl (C=O) groups excluding carboxylic acids is 2. The van der Waals surface area contributed by atoms with E-state index in [2.05, 4.69) is 14.8 Å². The number of nitrogens with two attached hydrogens (primary N) is 1. The molecule has 1 aliphatic rings. The number of carbonyl (C=O) groups is 2. The predicted octanol–water partition coefficient (Wildman–Crippen LogP) is 0.0535. The van der Waals surface area contributed by atoms with Crippen LogP contribution in [0.15, 0.2) is 0 Å². The molecule has 164 valence electrons. The smallest absolute Gasteiger partial charge is 0.407 e. The Labute approximate surface area is 168 Å². The van der Waals surface area contributed by atoms with Gasteiger partial charge in [0.15, 0.2) is 0 Å². The number of unbranched alkanes of at least 4 members (excludes halogenated alkanes) is 1. The first-order valence-corrected chi connectivity index (χ1v) is 11.1. The summed E-state index contributed by atoms with van der Waals surface area (Å²) in [6.07, 6.45) is 2.46. The normalized spacial score (nSPS) is 17.2. The van der Waals surface area contributed by atoms with Gasteiger partial charge in [-0.15, -0.1) is 0 Å². The third kappa shape index (κ3) is 9.67. The Morgan fingerprint density at radius 2 is 1.82 bits per heavy atom. The summed E-state index contributed by atoms with van der Waals surface area (Å²) in [6, 6.07) is -0.789. The van der Waals surface area contributed by atoms with Gasteiger partial charge in [0, 0.05) is 31.7 Å². The monoisotopic (exact) mass is 421 g/mol. The Hall–Kier alpha value is -1.43. The van der Waals surface area contributed by atoms with Crippen LogP contribution in [0.3, 0.4) is 0 Å². The number of ether oxygens (including phenoxy) is 1. The van der Waals surface area contributed by atoms with E-state index in [1.807, 2.05) is 20.8 Å². The minimum absolute atomic E-state index is 0.124. The second-order valence-electron chi connectivity index (χ2n) is 8.04. The molecule has 5 N–H and O–H groups in total. The number of rotatable bonds is 9. The van der Waals surface area contributed by atoms with Gasteiger partial charge in [-0.25, -0.2) is 9.52 Å². The van der Waals surface area contributed by atoms with E-state index in [1.165, 1.54) is 7.05 Å². The fraction of sp³-hybridized carbons (Fsp3) is 0.882. The van der Waals surface area contributed by atoms with E-state index >= 15 is 0 Å². The van der Waals surface area contributed by atoms with Gasteiger partial charge < -0.3 is 20.7 Å². The molecule has 0 unspecified atom stereocenters. The number of amides is 2. The van der Waals surface area contributed by atoms with Crippen LogP contribution in [-0.2, 0) is 19.7 Å². The number of nitrogens with one attached hydrogen (secondary N) is 3. The van der Waals surface area contributed by atoms with Crippen LogP contribution in [-0.4, -0.2) is 69.7 Å². The average Bonchev–Trinajstić information content (AvgIpc) is 2.59. The molecule has 0 saturated carbocycles. The molecule has 28 heavy (non-hydrogen) atoms. The number of piperidine rings is 1. The fourth-order valence-corrected chi connectivity index (χ4v) is 3.62. The quantitative estimate of drug-likeness (QED) is 0.388. The van der Waals surface area contributed by atoms with Crippen LogP contribution < -0.4 is 20.5 Å². The number of nitrogens with zero attached hydrogens (tertiary/aromatic N) is 1. The summed E-state index contributed by atoms with van der Waals surface area (Å²) in [6.45, 7) is 6.84. The lowest BCUT2D eigenvalue weighted by Crippen LogP contribution is -2.52. The van der Waals surface area contributed by atoms with Gasteiger partial charge in [0.25, 0.3) is 10.2 Å². The van der Waals surface area contributed by atoms with Crippen molar-refractivity contribution < 1.29 is 22.7 Å². The summed E-state index contributed by atoms with van der Waals surface area (Å²) >= 11 is 0. The Kier molecular flexibility index (Phi) is 9.61. The topological polar surface area (TPSA) is 143 Å². The lowest BCUT2D eigenvalue weighted by atomic mass is 10.0. The van der Waals surface area contributed by atoms with Crippen molar-refractivity contribution in [2.24, 2.45) is 5.73 Å². The summed E-state index contributed by atoms with van der Waals surface area (Å²) in [5.41, 5.74) is 5.66. The molecule has 0 spiro atoms. The van der Waals surface area contributed by atoms with Crippen molar-refractivity contribution in [3.63, 3.8) is 0 Å². The minimum Gasteiger partial charge on any atom is -0.450 e. The van der Waals surface area contributed by atoms with Crippen LogP contribution >= 0.6 is 0 Å². The van der Waals surface area contributed by atoms with Gasteiger partial charge in [-0.05, 0) is 52.9 Å². The molecule has 0 aromatic carbocycles. The molecule has 0 aliphatic carbocycles. The maximum atomic E-state index is 12.4. The number of likely N-dealkylation sites (tertiary alicyclic amines) is 1. The van der Waals surface area contributed by atoms with Gasteiger partial charge in [-0.2, -0.15) is 13.1 Å². The van der Waals surface area contributed by atoms with Crippen molar-refractivity contribution >= 4 is 22.2 Å². The highest BCUT2D eigenvalue weighted by Crippen LogP contribution is 2.13. The van der Waals surface area contributed by atoms with Gasteiger partial charge in [-0.3, -0.25) is 4.79 Å². The molecule has 1 aliphatic heterocycles. The first kappa shape index (κ1) is 24.6. The van der Waals surface area contributed by atoms with E-state index in [0.717, 1.165) is 0 Å². The van der Waals surface area contributed by atoms with E-state index in [-0.39, 0.29) is 24.1 Å². The molecule has 1 rings (SSSR count). The molecule has 10 nitrogen and oxygen atoms in total. The minimum atomic E-state index is -3.48. The fourth-order valence-electron chi connectivity index (χ4n) is 2.83. The summed E-state index contributed by atoms with van der Waals surface area (Å²) in [4.78, 5) is 25.6. The van der Waals surface area contributed by atoms with E-state index in [4.69, 9.17) is 10.5 Å². The van der Waals surface area contributed by atoms with Gasteiger partial charge in [0.05, 0.1) is 12.6 Å². The zero-order chi connectivity index (χ0) is 21.4. The molecule has 0 aromatic rings. The molecular formula is C17H35N5O5S. The number of alkyl carbamates (subject to hydrolysis) is 1. The second-order valence-corrected chi connectivity index (χ2v) is 9.69. The van der Waals surface area contributed by atoms with Crippen molar-refractivity contribution in [3.05, 3.63) is 0 Å². The van der Waals surface area contributed by atoms with Crippen molar-refractivity contribution in [3.8, 4) is 0 Å². The molecule has 2 amide bonds. The van der Waals surface area contributed by atoms with E-state index in [0.29, 0.717) is 45.2 Å². The Morgan fingerprint density at radius 1 is 1.21 bits per heavy atom. The van der Waals surface area contributed by atoms with Crippen LogP contribution in [0, 0.1) is 0 Å². The first-order valence-electron chi connectivity index (χ1n) is 9.63. The highest BCUT2D eigenvalue weighted by Gasteiger charge is 2.27. The third-order valence-corrected chi connectivity index (χ3v) is 5.52. The third-order valence-electron chi connectivity index (χ3n) is 4.33. The molecular weight excluding hydrogens is 386 g/mol. The maximum absolute atomic E-state index is 12.4. The highest BCUT2D eigenvalue weighted by atomic mass is 32.2. The van der Waals surface area contributed by atoms with E-state index in [9.17, 15) is 18.0 Å². The lowest BCUT2D eigenvalue weighted by Gasteiger charge is -2.33. The van der Waals surface area contributed by atoms with Crippen LogP contribution in [0.25, 0.3) is 0 Å². The molecule has 0 radical (unpaired) electrons. The van der Waals surface area contributed by atoms with Crippen molar-refractivity contribution in [1.82, 2.24) is 19.7 Å². The Morgan fingerprint density at radius 3 is 2.36 bits per heavy atom. The zero-order valence-electron chi connectivity index (χ0n) is 17.3. The maximum Gasteiger partial charge on any atom is 0.407 e. The Bertz CT molecular complexity index is 612. The molecule has 1 saturated heterocycles. The largest absolute Gasteiger partial charge is 0.450 e. The molecule has 0 aromatic heterocycles. The standard InChI is InChI=1S/C17H35N5O5S/c1-17(2,3)20-16(24)27-12-6-5-7-14(18)15(23)22-10-8-13(9-11-22)21-28(25,26)19-4/h13-14,19,21H,5-12,18H2,1-4H3,(H,20,24)/t14-/m1/s1. The van der Waals surface area contributed by atoms with Gasteiger partial charge in [0.1, 0.15) is 0 Å². The summed E-state index contributed by atoms with van der Waals surface area (Å²) in [7, 11) is -2.13. The lowest BCUT2D eigenvalue weighted by molar-refractivity contribution is -0.133. The van der Waals surface area contributed by atoms with Crippen LogP contribution in [0.5, 0.6) is 0 Å². The van der Waals surface area contributed by atoms with Crippen LogP contribution in [0.1, 0.15) is 52.9 Å².